The lowest BCUT2D eigenvalue weighted by molar-refractivity contribution is -0.122. The molecule has 1 aliphatic rings. The average Bonchev–Trinajstić information content (AvgIpc) is 2.86. The van der Waals surface area contributed by atoms with Gasteiger partial charge in [0.05, 0.1) is 12.3 Å². The van der Waals surface area contributed by atoms with Crippen LogP contribution >= 0.6 is 15.9 Å². The number of carbonyl (C=O) groups excluding carboxylic acids is 3. The first-order valence-electron chi connectivity index (χ1n) is 11.1. The summed E-state index contributed by atoms with van der Waals surface area (Å²) in [5.74, 6) is -0.156. The molecule has 178 valence electrons. The lowest BCUT2D eigenvalue weighted by Gasteiger charge is -2.26. The molecule has 4 rings (SSSR count). The van der Waals surface area contributed by atoms with Crippen LogP contribution in [0, 0.1) is 0 Å². The van der Waals surface area contributed by atoms with Gasteiger partial charge in [-0.2, -0.15) is 0 Å². The fourth-order valence-electron chi connectivity index (χ4n) is 3.38. The number of anilines is 1. The molecule has 1 heterocycles. The monoisotopic (exact) mass is 534 g/mol. The van der Waals surface area contributed by atoms with Gasteiger partial charge in [0.2, 0.25) is 0 Å². The molecule has 3 aromatic carbocycles. The predicted octanol–water partition coefficient (Wildman–Crippen LogP) is 5.48. The highest BCUT2D eigenvalue weighted by molar-refractivity contribution is 9.10. The standard InChI is InChI=1S/C27H23BrN2O5/c1-2-15-34-22-11-5-18(6-12-22)16-24-25(31)29-27(33)30(26(24)32)21-9-13-23(14-10-21)35-17-19-3-7-20(28)8-4-19/h3-14,16H,2,15,17H2,1H3,(H,29,31,33)/b24-16+. The van der Waals surface area contributed by atoms with Crippen molar-refractivity contribution in [1.29, 1.82) is 0 Å². The van der Waals surface area contributed by atoms with Gasteiger partial charge in [-0.3, -0.25) is 14.9 Å². The third-order valence-electron chi connectivity index (χ3n) is 5.18. The predicted molar refractivity (Wildman–Crippen MR) is 136 cm³/mol. The molecule has 0 saturated carbocycles. The van der Waals surface area contributed by atoms with E-state index in [1.807, 2.05) is 31.2 Å². The zero-order chi connectivity index (χ0) is 24.8. The summed E-state index contributed by atoms with van der Waals surface area (Å²) in [7, 11) is 0. The molecule has 0 atom stereocenters. The van der Waals surface area contributed by atoms with Crippen LogP contribution in [0.25, 0.3) is 6.08 Å². The van der Waals surface area contributed by atoms with Crippen LogP contribution < -0.4 is 19.7 Å². The van der Waals surface area contributed by atoms with Gasteiger partial charge in [-0.15, -0.1) is 0 Å². The Hall–Kier alpha value is -3.91. The molecule has 1 aliphatic heterocycles. The number of ether oxygens (including phenoxy) is 2. The van der Waals surface area contributed by atoms with Crippen LogP contribution in [-0.4, -0.2) is 24.5 Å². The average molecular weight is 535 g/mol. The quantitative estimate of drug-likeness (QED) is 0.305. The van der Waals surface area contributed by atoms with E-state index in [0.29, 0.717) is 36.0 Å². The van der Waals surface area contributed by atoms with Crippen LogP contribution in [0.1, 0.15) is 24.5 Å². The van der Waals surface area contributed by atoms with Gasteiger partial charge >= 0.3 is 6.03 Å². The number of hydrogen-bond donors (Lipinski definition) is 1. The number of barbiturate groups is 1. The number of nitrogens with zero attached hydrogens (tertiary/aromatic N) is 1. The van der Waals surface area contributed by atoms with E-state index in [0.717, 1.165) is 21.4 Å². The minimum atomic E-state index is -0.802. The largest absolute Gasteiger partial charge is 0.494 e. The van der Waals surface area contributed by atoms with Crippen molar-refractivity contribution < 1.29 is 23.9 Å². The fraction of sp³-hybridized carbons (Fsp3) is 0.148. The molecule has 35 heavy (non-hydrogen) atoms. The third-order valence-corrected chi connectivity index (χ3v) is 5.71. The summed E-state index contributed by atoms with van der Waals surface area (Å²) in [6.07, 6.45) is 2.35. The summed E-state index contributed by atoms with van der Waals surface area (Å²) in [4.78, 5) is 38.9. The van der Waals surface area contributed by atoms with E-state index in [1.54, 1.807) is 48.5 Å². The molecule has 1 fully saturated rings. The number of hydrogen-bond acceptors (Lipinski definition) is 5. The summed E-state index contributed by atoms with van der Waals surface area (Å²) < 4.78 is 12.3. The lowest BCUT2D eigenvalue weighted by atomic mass is 10.1. The summed E-state index contributed by atoms with van der Waals surface area (Å²) in [6.45, 7) is 3.00. The minimum Gasteiger partial charge on any atom is -0.494 e. The zero-order valence-corrected chi connectivity index (χ0v) is 20.6. The number of amides is 4. The van der Waals surface area contributed by atoms with E-state index in [4.69, 9.17) is 9.47 Å². The van der Waals surface area contributed by atoms with Gasteiger partial charge in [0.15, 0.2) is 0 Å². The van der Waals surface area contributed by atoms with Gasteiger partial charge in [-0.25, -0.2) is 9.69 Å². The second kappa shape index (κ2) is 11.0. The molecule has 1 saturated heterocycles. The third kappa shape index (κ3) is 5.96. The Morgan fingerprint density at radius 2 is 1.49 bits per heavy atom. The van der Waals surface area contributed by atoms with Crippen LogP contribution in [0.5, 0.6) is 11.5 Å². The first-order chi connectivity index (χ1) is 16.9. The molecule has 0 bridgehead atoms. The van der Waals surface area contributed by atoms with Gasteiger partial charge in [0.1, 0.15) is 23.7 Å². The lowest BCUT2D eigenvalue weighted by Crippen LogP contribution is -2.54. The number of nitrogens with one attached hydrogen (secondary N) is 1. The van der Waals surface area contributed by atoms with Gasteiger partial charge in [0.25, 0.3) is 11.8 Å². The Labute approximate surface area is 211 Å². The topological polar surface area (TPSA) is 84.9 Å². The first kappa shape index (κ1) is 24.2. The first-order valence-corrected chi connectivity index (χ1v) is 11.9. The van der Waals surface area contributed by atoms with E-state index in [9.17, 15) is 14.4 Å². The summed E-state index contributed by atoms with van der Waals surface area (Å²) in [5.41, 5.74) is 1.83. The van der Waals surface area contributed by atoms with Crippen molar-refractivity contribution >= 4 is 45.5 Å². The maximum absolute atomic E-state index is 13.1. The van der Waals surface area contributed by atoms with Gasteiger partial charge in [-0.1, -0.05) is 47.1 Å². The van der Waals surface area contributed by atoms with Crippen LogP contribution in [0.4, 0.5) is 10.5 Å². The molecule has 7 nitrogen and oxygen atoms in total. The number of carbonyl (C=O) groups is 3. The molecule has 0 aromatic heterocycles. The van der Waals surface area contributed by atoms with Crippen molar-refractivity contribution in [2.45, 2.75) is 20.0 Å². The maximum atomic E-state index is 13.1. The Balaban J connectivity index is 1.48. The summed E-state index contributed by atoms with van der Waals surface area (Å²) >= 11 is 3.40. The second-order valence-electron chi connectivity index (χ2n) is 7.78. The Morgan fingerprint density at radius 1 is 0.857 bits per heavy atom. The van der Waals surface area contributed by atoms with E-state index >= 15 is 0 Å². The molecule has 0 radical (unpaired) electrons. The number of rotatable bonds is 8. The van der Waals surface area contributed by atoms with Gasteiger partial charge in [-0.05, 0) is 72.2 Å². The number of imide groups is 2. The van der Waals surface area contributed by atoms with E-state index in [2.05, 4.69) is 21.2 Å². The normalized spacial score (nSPS) is 14.7. The molecule has 0 unspecified atom stereocenters. The van der Waals surface area contributed by atoms with Crippen molar-refractivity contribution in [3.05, 3.63) is 94.0 Å². The highest BCUT2D eigenvalue weighted by Gasteiger charge is 2.36. The minimum absolute atomic E-state index is 0.137. The smallest absolute Gasteiger partial charge is 0.335 e. The van der Waals surface area contributed by atoms with E-state index in [-0.39, 0.29) is 5.57 Å². The van der Waals surface area contributed by atoms with Gasteiger partial charge in [0, 0.05) is 4.47 Å². The molecule has 8 heteroatoms. The number of halogens is 1. The van der Waals surface area contributed by atoms with Crippen molar-refractivity contribution in [1.82, 2.24) is 5.32 Å². The highest BCUT2D eigenvalue weighted by atomic mass is 79.9. The Kier molecular flexibility index (Phi) is 7.62. The Morgan fingerprint density at radius 3 is 2.14 bits per heavy atom. The molecule has 0 spiro atoms. The molecular weight excluding hydrogens is 512 g/mol. The van der Waals surface area contributed by atoms with Crippen molar-refractivity contribution in [2.24, 2.45) is 0 Å². The van der Waals surface area contributed by atoms with Crippen LogP contribution in [-0.2, 0) is 16.2 Å². The molecule has 4 amide bonds. The summed E-state index contributed by atoms with van der Waals surface area (Å²) in [6, 6.07) is 20.5. The van der Waals surface area contributed by atoms with E-state index < -0.39 is 17.8 Å². The molecule has 3 aromatic rings. The molecule has 1 N–H and O–H groups in total. The maximum Gasteiger partial charge on any atom is 0.335 e. The number of urea groups is 1. The van der Waals surface area contributed by atoms with Crippen molar-refractivity contribution in [3.63, 3.8) is 0 Å². The van der Waals surface area contributed by atoms with Crippen molar-refractivity contribution in [3.8, 4) is 11.5 Å². The number of benzene rings is 3. The van der Waals surface area contributed by atoms with Crippen LogP contribution in [0.3, 0.4) is 0 Å². The highest BCUT2D eigenvalue weighted by Crippen LogP contribution is 2.25. The SMILES string of the molecule is CCCOc1ccc(/C=C2\C(=O)NC(=O)N(c3ccc(OCc4ccc(Br)cc4)cc3)C2=O)cc1. The fourth-order valence-corrected chi connectivity index (χ4v) is 3.64. The van der Waals surface area contributed by atoms with Crippen LogP contribution in [0.15, 0.2) is 82.8 Å². The van der Waals surface area contributed by atoms with Gasteiger partial charge < -0.3 is 9.47 Å². The zero-order valence-electron chi connectivity index (χ0n) is 19.0. The Bertz CT molecular complexity index is 1250. The van der Waals surface area contributed by atoms with Crippen molar-refractivity contribution in [2.75, 3.05) is 11.5 Å². The molecule has 0 aliphatic carbocycles. The van der Waals surface area contributed by atoms with E-state index in [1.165, 1.54) is 6.08 Å². The second-order valence-corrected chi connectivity index (χ2v) is 8.70. The molecular formula is C27H23BrN2O5. The summed E-state index contributed by atoms with van der Waals surface area (Å²) in [5, 5.41) is 2.23. The van der Waals surface area contributed by atoms with Crippen LogP contribution in [0.2, 0.25) is 0 Å².